The number of rotatable bonds is 5. The zero-order chi connectivity index (χ0) is 18.7. The van der Waals surface area contributed by atoms with Gasteiger partial charge in [0.05, 0.1) is 6.04 Å². The number of nitrogens with zero attached hydrogens (tertiary/aromatic N) is 5. The van der Waals surface area contributed by atoms with E-state index in [0.717, 1.165) is 4.90 Å². The molecule has 1 aromatic carbocycles. The molecular weight excluding hydrogens is 372 g/mol. The first-order chi connectivity index (χ1) is 12.5. The van der Waals surface area contributed by atoms with Gasteiger partial charge in [-0.1, -0.05) is 11.6 Å². The predicted octanol–water partition coefficient (Wildman–Crippen LogP) is 3.23. The van der Waals surface area contributed by atoms with Crippen LogP contribution in [0.25, 0.3) is 5.95 Å². The van der Waals surface area contributed by atoms with Gasteiger partial charge in [-0.2, -0.15) is 4.68 Å². The Balaban J connectivity index is 1.86. The Bertz CT molecular complexity index is 930. The zero-order valence-corrected chi connectivity index (χ0v) is 16.0. The molecule has 1 atom stereocenters. The first-order valence-electron chi connectivity index (χ1n) is 7.84. The summed E-state index contributed by atoms with van der Waals surface area (Å²) < 4.78 is 1.53. The molecule has 0 aliphatic carbocycles. The van der Waals surface area contributed by atoms with Crippen molar-refractivity contribution in [1.29, 1.82) is 0 Å². The highest BCUT2D eigenvalue weighted by atomic mass is 35.5. The molecule has 2 aromatic heterocycles. The minimum Gasteiger partial charge on any atom is -0.342 e. The summed E-state index contributed by atoms with van der Waals surface area (Å²) in [6, 6.07) is 6.58. The van der Waals surface area contributed by atoms with E-state index in [4.69, 9.17) is 11.6 Å². The average Bonchev–Trinajstić information content (AvgIpc) is 3.03. The van der Waals surface area contributed by atoms with Gasteiger partial charge in [-0.25, -0.2) is 15.0 Å². The molecule has 7 nitrogen and oxygen atoms in total. The molecule has 9 heteroatoms. The normalized spacial score (nSPS) is 12.0. The topological polar surface area (TPSA) is 85.6 Å². The molecule has 0 saturated heterocycles. The first kappa shape index (κ1) is 18.3. The van der Waals surface area contributed by atoms with Crippen molar-refractivity contribution >= 4 is 29.3 Å². The molecule has 3 aromatic rings. The third-order valence-electron chi connectivity index (χ3n) is 3.58. The Kier molecular flexibility index (Phi) is 5.53. The monoisotopic (exact) mass is 388 g/mol. The number of aryl methyl sites for hydroxylation is 1. The van der Waals surface area contributed by atoms with Gasteiger partial charge >= 0.3 is 0 Å². The van der Waals surface area contributed by atoms with Crippen LogP contribution >= 0.6 is 23.4 Å². The van der Waals surface area contributed by atoms with Crippen molar-refractivity contribution in [1.82, 2.24) is 30.0 Å². The van der Waals surface area contributed by atoms with Crippen LogP contribution in [0.15, 0.2) is 41.6 Å². The molecule has 0 aliphatic heterocycles. The zero-order valence-electron chi connectivity index (χ0n) is 14.5. The summed E-state index contributed by atoms with van der Waals surface area (Å²) in [6.45, 7) is 3.61. The molecule has 2 heterocycles. The van der Waals surface area contributed by atoms with E-state index in [2.05, 4.69) is 25.4 Å². The minimum atomic E-state index is -0.399. The molecule has 0 spiro atoms. The van der Waals surface area contributed by atoms with E-state index in [1.165, 1.54) is 16.4 Å². The van der Waals surface area contributed by atoms with Crippen molar-refractivity contribution < 1.29 is 4.79 Å². The van der Waals surface area contributed by atoms with Crippen LogP contribution in [0.2, 0.25) is 5.02 Å². The summed E-state index contributed by atoms with van der Waals surface area (Å²) >= 11 is 7.62. The number of aromatic nitrogens is 5. The lowest BCUT2D eigenvalue weighted by Gasteiger charge is -2.14. The maximum absolute atomic E-state index is 12.6. The highest BCUT2D eigenvalue weighted by Gasteiger charge is 2.20. The molecule has 1 N–H and O–H groups in total. The fourth-order valence-corrected chi connectivity index (χ4v) is 3.21. The van der Waals surface area contributed by atoms with Gasteiger partial charge < -0.3 is 5.32 Å². The highest BCUT2D eigenvalue weighted by Crippen LogP contribution is 2.23. The lowest BCUT2D eigenvalue weighted by molar-refractivity contribution is 0.0937. The number of thioether (sulfide) groups is 1. The van der Waals surface area contributed by atoms with Gasteiger partial charge in [-0.05, 0) is 44.4 Å². The number of amides is 1. The van der Waals surface area contributed by atoms with Gasteiger partial charge in [0.25, 0.3) is 11.9 Å². The van der Waals surface area contributed by atoms with E-state index in [0.29, 0.717) is 28.2 Å². The molecule has 26 heavy (non-hydrogen) atoms. The molecule has 0 radical (unpaired) electrons. The maximum Gasteiger partial charge on any atom is 0.252 e. The van der Waals surface area contributed by atoms with Crippen molar-refractivity contribution in [2.75, 3.05) is 6.26 Å². The van der Waals surface area contributed by atoms with Crippen molar-refractivity contribution in [3.8, 4) is 5.95 Å². The number of benzene rings is 1. The fraction of sp³-hybridized carbons (Fsp3) is 0.235. The molecule has 0 aliphatic rings. The summed E-state index contributed by atoms with van der Waals surface area (Å²) in [6.07, 6.45) is 5.19. The van der Waals surface area contributed by atoms with Gasteiger partial charge in [0.15, 0.2) is 5.82 Å². The Labute approximate surface area is 160 Å². The summed E-state index contributed by atoms with van der Waals surface area (Å²) in [7, 11) is 0. The van der Waals surface area contributed by atoms with Crippen LogP contribution in [0.5, 0.6) is 0 Å². The van der Waals surface area contributed by atoms with Crippen LogP contribution in [0.1, 0.15) is 35.0 Å². The largest absolute Gasteiger partial charge is 0.342 e. The van der Waals surface area contributed by atoms with Gasteiger partial charge in [-0.3, -0.25) is 4.79 Å². The highest BCUT2D eigenvalue weighted by molar-refractivity contribution is 7.98. The number of hydrogen-bond acceptors (Lipinski definition) is 6. The van der Waals surface area contributed by atoms with Crippen LogP contribution in [0, 0.1) is 6.92 Å². The number of hydrogen-bond donors (Lipinski definition) is 1. The third kappa shape index (κ3) is 4.03. The second-order valence-corrected chi connectivity index (χ2v) is 6.87. The first-order valence-corrected chi connectivity index (χ1v) is 9.44. The van der Waals surface area contributed by atoms with Crippen LogP contribution in [-0.2, 0) is 0 Å². The number of nitrogens with one attached hydrogen (secondary N) is 1. The van der Waals surface area contributed by atoms with Gasteiger partial charge in [0.1, 0.15) is 5.82 Å². The lowest BCUT2D eigenvalue weighted by atomic mass is 10.2. The number of carbonyl (C=O) groups is 1. The average molecular weight is 389 g/mol. The van der Waals surface area contributed by atoms with E-state index in [9.17, 15) is 4.79 Å². The van der Waals surface area contributed by atoms with Gasteiger partial charge in [0.2, 0.25) is 0 Å². The standard InChI is InChI=1S/C17H17ClN6OS/c1-10(21-16(25)12-7-13(18)9-14(8-12)26-3)15-22-11(2)23-24(15)17-19-5-4-6-20-17/h4-10H,1-3H3,(H,21,25). The fourth-order valence-electron chi connectivity index (χ4n) is 2.42. The smallest absolute Gasteiger partial charge is 0.252 e. The Hall–Kier alpha value is -2.45. The molecule has 0 bridgehead atoms. The Morgan fingerprint density at radius 2 is 2.00 bits per heavy atom. The lowest BCUT2D eigenvalue weighted by Crippen LogP contribution is -2.29. The number of carbonyl (C=O) groups excluding carboxylic acids is 1. The second kappa shape index (κ2) is 7.84. The Morgan fingerprint density at radius 3 is 2.69 bits per heavy atom. The molecular formula is C17H17ClN6OS. The van der Waals surface area contributed by atoms with E-state index in [1.807, 2.05) is 19.2 Å². The van der Waals surface area contributed by atoms with Crippen molar-refractivity contribution in [2.24, 2.45) is 0 Å². The summed E-state index contributed by atoms with van der Waals surface area (Å²) in [5.74, 6) is 1.28. The van der Waals surface area contributed by atoms with Crippen LogP contribution < -0.4 is 5.32 Å². The predicted molar refractivity (Wildman–Crippen MR) is 101 cm³/mol. The molecule has 1 unspecified atom stereocenters. The molecule has 134 valence electrons. The quantitative estimate of drug-likeness (QED) is 0.675. The summed E-state index contributed by atoms with van der Waals surface area (Å²) in [4.78, 5) is 26.4. The Morgan fingerprint density at radius 1 is 1.27 bits per heavy atom. The van der Waals surface area contributed by atoms with Crippen LogP contribution in [0.3, 0.4) is 0 Å². The van der Waals surface area contributed by atoms with Crippen LogP contribution in [-0.4, -0.2) is 36.9 Å². The summed E-state index contributed by atoms with van der Waals surface area (Å²) in [5.41, 5.74) is 0.493. The maximum atomic E-state index is 12.6. The van der Waals surface area contributed by atoms with E-state index in [1.54, 1.807) is 37.5 Å². The van der Waals surface area contributed by atoms with Crippen molar-refractivity contribution in [3.05, 3.63) is 58.9 Å². The SMILES string of the molecule is CSc1cc(Cl)cc(C(=O)NC(C)c2nc(C)nn2-c2ncccn2)c1. The third-order valence-corrected chi connectivity index (χ3v) is 4.51. The molecule has 3 rings (SSSR count). The second-order valence-electron chi connectivity index (χ2n) is 5.55. The summed E-state index contributed by atoms with van der Waals surface area (Å²) in [5, 5.41) is 7.78. The van der Waals surface area contributed by atoms with E-state index < -0.39 is 6.04 Å². The molecule has 1 amide bonds. The number of halogens is 1. The van der Waals surface area contributed by atoms with Crippen LogP contribution in [0.4, 0.5) is 0 Å². The van der Waals surface area contributed by atoms with Gasteiger partial charge in [0, 0.05) is 27.9 Å². The molecule has 0 fully saturated rings. The van der Waals surface area contributed by atoms with Crippen molar-refractivity contribution in [3.63, 3.8) is 0 Å². The minimum absolute atomic E-state index is 0.239. The molecule has 0 saturated carbocycles. The van der Waals surface area contributed by atoms with Crippen molar-refractivity contribution in [2.45, 2.75) is 24.8 Å². The van der Waals surface area contributed by atoms with E-state index in [-0.39, 0.29) is 5.91 Å². The van der Waals surface area contributed by atoms with E-state index >= 15 is 0 Å². The van der Waals surface area contributed by atoms with Gasteiger partial charge in [-0.15, -0.1) is 16.9 Å².